The molecule has 0 aromatic heterocycles. The van der Waals surface area contributed by atoms with Crippen LogP contribution in [0.25, 0.3) is 0 Å². The van der Waals surface area contributed by atoms with Crippen molar-refractivity contribution in [2.45, 2.75) is 33.3 Å². The third-order valence-corrected chi connectivity index (χ3v) is 1.80. The lowest BCUT2D eigenvalue weighted by molar-refractivity contribution is -0.0126. The first-order chi connectivity index (χ1) is 5.99. The molecule has 0 bridgehead atoms. The fraction of sp³-hybridized carbons (Fsp3) is 0.900. The van der Waals surface area contributed by atoms with Crippen molar-refractivity contribution in [2.24, 2.45) is 10.9 Å². The maximum Gasteiger partial charge on any atom is 0.188 e. The van der Waals surface area contributed by atoms with Gasteiger partial charge >= 0.3 is 0 Å². The van der Waals surface area contributed by atoms with Gasteiger partial charge in [-0.3, -0.25) is 4.99 Å². The Morgan fingerprint density at radius 1 is 1.54 bits per heavy atom. The number of nitrogens with zero attached hydrogens (tertiary/aromatic N) is 1. The topological polar surface area (TPSA) is 30.8 Å². The van der Waals surface area contributed by atoms with Crippen molar-refractivity contribution < 1.29 is 9.47 Å². The molecule has 0 amide bonds. The van der Waals surface area contributed by atoms with E-state index in [2.05, 4.69) is 32.7 Å². The SMILES string of the molecule is CC(COC(C)(C)C)C1=NCCO1. The number of rotatable bonds is 3. The van der Waals surface area contributed by atoms with E-state index in [1.165, 1.54) is 0 Å². The molecule has 0 N–H and O–H groups in total. The highest BCUT2D eigenvalue weighted by molar-refractivity contribution is 5.79. The van der Waals surface area contributed by atoms with Gasteiger partial charge in [0.05, 0.1) is 24.7 Å². The monoisotopic (exact) mass is 185 g/mol. The van der Waals surface area contributed by atoms with Crippen LogP contribution in [0.2, 0.25) is 0 Å². The van der Waals surface area contributed by atoms with Crippen LogP contribution in [0.5, 0.6) is 0 Å². The summed E-state index contributed by atoms with van der Waals surface area (Å²) in [6.45, 7) is 10.5. The predicted molar refractivity (Wildman–Crippen MR) is 53.1 cm³/mol. The minimum Gasteiger partial charge on any atom is -0.479 e. The van der Waals surface area contributed by atoms with Crippen LogP contribution in [0, 0.1) is 5.92 Å². The van der Waals surface area contributed by atoms with Crippen molar-refractivity contribution in [1.29, 1.82) is 0 Å². The fourth-order valence-corrected chi connectivity index (χ4v) is 1.10. The normalized spacial score (nSPS) is 19.5. The van der Waals surface area contributed by atoms with Gasteiger partial charge in [-0.15, -0.1) is 0 Å². The molecule has 13 heavy (non-hydrogen) atoms. The minimum absolute atomic E-state index is 0.0760. The molecule has 0 spiro atoms. The van der Waals surface area contributed by atoms with Crippen molar-refractivity contribution in [1.82, 2.24) is 0 Å². The molecule has 0 aromatic rings. The second kappa shape index (κ2) is 4.09. The van der Waals surface area contributed by atoms with Crippen LogP contribution in [0.15, 0.2) is 4.99 Å². The van der Waals surface area contributed by atoms with Gasteiger partial charge in [0.15, 0.2) is 5.90 Å². The lowest BCUT2D eigenvalue weighted by atomic mass is 10.1. The first kappa shape index (κ1) is 10.5. The third kappa shape index (κ3) is 3.77. The standard InChI is InChI=1S/C10H19NO2/c1-8(7-13-10(2,3)4)9-11-5-6-12-9/h8H,5-7H2,1-4H3. The summed E-state index contributed by atoms with van der Waals surface area (Å²) in [5, 5.41) is 0. The first-order valence-electron chi connectivity index (χ1n) is 4.80. The molecule has 0 fully saturated rings. The molecule has 0 saturated heterocycles. The molecule has 1 atom stereocenters. The zero-order valence-electron chi connectivity index (χ0n) is 8.96. The van der Waals surface area contributed by atoms with Crippen molar-refractivity contribution in [2.75, 3.05) is 19.8 Å². The molecule has 1 unspecified atom stereocenters. The maximum absolute atomic E-state index is 5.64. The quantitative estimate of drug-likeness (QED) is 0.672. The second-order valence-electron chi connectivity index (χ2n) is 4.39. The minimum atomic E-state index is -0.0760. The number of aliphatic imine (C=N–C) groups is 1. The Labute approximate surface area is 80.1 Å². The molecule has 0 aromatic carbocycles. The van der Waals surface area contributed by atoms with Crippen LogP contribution in [-0.2, 0) is 9.47 Å². The molecule has 3 nitrogen and oxygen atoms in total. The zero-order chi connectivity index (χ0) is 9.90. The van der Waals surface area contributed by atoms with Gasteiger partial charge in [0, 0.05) is 0 Å². The van der Waals surface area contributed by atoms with Gasteiger partial charge in [-0.05, 0) is 20.8 Å². The summed E-state index contributed by atoms with van der Waals surface area (Å²) >= 11 is 0. The van der Waals surface area contributed by atoms with E-state index in [-0.39, 0.29) is 11.5 Å². The number of hydrogen-bond acceptors (Lipinski definition) is 3. The molecule has 0 radical (unpaired) electrons. The molecule has 1 aliphatic heterocycles. The Morgan fingerprint density at radius 3 is 2.69 bits per heavy atom. The smallest absolute Gasteiger partial charge is 0.188 e. The van der Waals surface area contributed by atoms with E-state index in [0.717, 1.165) is 19.0 Å². The van der Waals surface area contributed by atoms with Gasteiger partial charge in [-0.2, -0.15) is 0 Å². The zero-order valence-corrected chi connectivity index (χ0v) is 8.96. The molecule has 3 heteroatoms. The average molecular weight is 185 g/mol. The van der Waals surface area contributed by atoms with E-state index >= 15 is 0 Å². The second-order valence-corrected chi connectivity index (χ2v) is 4.39. The van der Waals surface area contributed by atoms with Crippen LogP contribution in [-0.4, -0.2) is 31.3 Å². The summed E-state index contributed by atoms with van der Waals surface area (Å²) in [7, 11) is 0. The maximum atomic E-state index is 5.64. The Morgan fingerprint density at radius 2 is 2.23 bits per heavy atom. The molecule has 0 saturated carbocycles. The Hall–Kier alpha value is -0.570. The van der Waals surface area contributed by atoms with Gasteiger partial charge < -0.3 is 9.47 Å². The summed E-state index contributed by atoms with van der Waals surface area (Å²) in [6, 6.07) is 0. The van der Waals surface area contributed by atoms with Crippen LogP contribution >= 0.6 is 0 Å². The van der Waals surface area contributed by atoms with Gasteiger partial charge in [-0.1, -0.05) is 6.92 Å². The molecule has 76 valence electrons. The molecule has 1 heterocycles. The van der Waals surface area contributed by atoms with E-state index in [1.807, 2.05) is 0 Å². The summed E-state index contributed by atoms with van der Waals surface area (Å²) in [5.74, 6) is 1.13. The highest BCUT2D eigenvalue weighted by atomic mass is 16.5. The Kier molecular flexibility index (Phi) is 3.31. The molecule has 1 rings (SSSR count). The van der Waals surface area contributed by atoms with Crippen LogP contribution < -0.4 is 0 Å². The molecular weight excluding hydrogens is 166 g/mol. The highest BCUT2D eigenvalue weighted by Crippen LogP contribution is 2.12. The fourth-order valence-electron chi connectivity index (χ4n) is 1.10. The van der Waals surface area contributed by atoms with Crippen LogP contribution in [0.4, 0.5) is 0 Å². The van der Waals surface area contributed by atoms with Crippen molar-refractivity contribution >= 4 is 5.90 Å². The molecule has 0 aliphatic carbocycles. The Bertz CT molecular complexity index is 194. The number of hydrogen-bond donors (Lipinski definition) is 0. The number of ether oxygens (including phenoxy) is 2. The average Bonchev–Trinajstić information content (AvgIpc) is 2.50. The highest BCUT2D eigenvalue weighted by Gasteiger charge is 2.19. The lowest BCUT2D eigenvalue weighted by Gasteiger charge is -2.22. The van der Waals surface area contributed by atoms with E-state index in [4.69, 9.17) is 9.47 Å². The lowest BCUT2D eigenvalue weighted by Crippen LogP contribution is -2.26. The van der Waals surface area contributed by atoms with Gasteiger partial charge in [-0.25, -0.2) is 0 Å². The molecule has 1 aliphatic rings. The predicted octanol–water partition coefficient (Wildman–Crippen LogP) is 1.87. The van der Waals surface area contributed by atoms with Gasteiger partial charge in [0.25, 0.3) is 0 Å². The van der Waals surface area contributed by atoms with E-state index in [1.54, 1.807) is 0 Å². The van der Waals surface area contributed by atoms with Crippen molar-refractivity contribution in [3.05, 3.63) is 0 Å². The van der Waals surface area contributed by atoms with Gasteiger partial charge in [0.2, 0.25) is 0 Å². The Balaban J connectivity index is 2.29. The third-order valence-electron chi connectivity index (χ3n) is 1.80. The molecular formula is C10H19NO2. The summed E-state index contributed by atoms with van der Waals surface area (Å²) in [5.41, 5.74) is -0.0760. The van der Waals surface area contributed by atoms with E-state index < -0.39 is 0 Å². The van der Waals surface area contributed by atoms with Gasteiger partial charge in [0.1, 0.15) is 6.61 Å². The first-order valence-corrected chi connectivity index (χ1v) is 4.80. The van der Waals surface area contributed by atoms with Crippen LogP contribution in [0.3, 0.4) is 0 Å². The van der Waals surface area contributed by atoms with Crippen LogP contribution in [0.1, 0.15) is 27.7 Å². The summed E-state index contributed by atoms with van der Waals surface area (Å²) < 4.78 is 11.0. The van der Waals surface area contributed by atoms with Crippen molar-refractivity contribution in [3.63, 3.8) is 0 Å². The summed E-state index contributed by atoms with van der Waals surface area (Å²) in [6.07, 6.45) is 0. The van der Waals surface area contributed by atoms with E-state index in [0.29, 0.717) is 6.61 Å². The summed E-state index contributed by atoms with van der Waals surface area (Å²) in [4.78, 5) is 4.25. The van der Waals surface area contributed by atoms with Crippen molar-refractivity contribution in [3.8, 4) is 0 Å². The van der Waals surface area contributed by atoms with E-state index in [9.17, 15) is 0 Å². The largest absolute Gasteiger partial charge is 0.479 e.